The highest BCUT2D eigenvalue weighted by molar-refractivity contribution is 5.85. The van der Waals surface area contributed by atoms with Gasteiger partial charge >= 0.3 is 0 Å². The molecule has 174 valence electrons. The van der Waals surface area contributed by atoms with Gasteiger partial charge in [-0.1, -0.05) is 19.8 Å². The molecule has 0 aromatic carbocycles. The summed E-state index contributed by atoms with van der Waals surface area (Å²) < 4.78 is 1.96. The number of amides is 1. The predicted molar refractivity (Wildman–Crippen MR) is 123 cm³/mol. The molecule has 31 heavy (non-hydrogen) atoms. The van der Waals surface area contributed by atoms with Gasteiger partial charge in [-0.15, -0.1) is 10.2 Å². The SMILES string of the molecule is CCN1CCCC1CNC(=NCc1nnc(C)n1C)NCC1(C(=O)N(C)C)CCCC1. The summed E-state index contributed by atoms with van der Waals surface area (Å²) in [4.78, 5) is 22.0. The molecule has 9 nitrogen and oxygen atoms in total. The maximum Gasteiger partial charge on any atom is 0.230 e. The van der Waals surface area contributed by atoms with E-state index in [4.69, 9.17) is 4.99 Å². The largest absolute Gasteiger partial charge is 0.355 e. The lowest BCUT2D eigenvalue weighted by atomic mass is 9.84. The summed E-state index contributed by atoms with van der Waals surface area (Å²) >= 11 is 0. The van der Waals surface area contributed by atoms with E-state index in [-0.39, 0.29) is 11.3 Å². The van der Waals surface area contributed by atoms with Crippen LogP contribution in [0.1, 0.15) is 57.1 Å². The highest BCUT2D eigenvalue weighted by atomic mass is 16.2. The maximum atomic E-state index is 13.0. The van der Waals surface area contributed by atoms with Crippen molar-refractivity contribution in [2.24, 2.45) is 17.5 Å². The zero-order chi connectivity index (χ0) is 22.4. The number of carbonyl (C=O) groups is 1. The van der Waals surface area contributed by atoms with E-state index in [1.165, 1.54) is 19.4 Å². The van der Waals surface area contributed by atoms with Crippen molar-refractivity contribution in [1.82, 2.24) is 35.2 Å². The molecule has 2 heterocycles. The molecule has 2 N–H and O–H groups in total. The molecule has 1 aromatic heterocycles. The first-order valence-corrected chi connectivity index (χ1v) is 11.7. The number of likely N-dealkylation sites (tertiary alicyclic amines) is 1. The number of aromatic nitrogens is 3. The first-order valence-electron chi connectivity index (χ1n) is 11.7. The molecule has 2 fully saturated rings. The Bertz CT molecular complexity index is 766. The molecule has 2 aliphatic rings. The Balaban J connectivity index is 1.70. The van der Waals surface area contributed by atoms with Crippen LogP contribution in [-0.4, -0.2) is 82.7 Å². The van der Waals surface area contributed by atoms with E-state index in [0.717, 1.165) is 56.4 Å². The van der Waals surface area contributed by atoms with Crippen LogP contribution in [0.15, 0.2) is 4.99 Å². The third-order valence-electron chi connectivity index (χ3n) is 6.99. The summed E-state index contributed by atoms with van der Waals surface area (Å²) in [7, 11) is 5.67. The van der Waals surface area contributed by atoms with Gasteiger partial charge in [-0.25, -0.2) is 4.99 Å². The average molecular weight is 433 g/mol. The normalized spacial score (nSPS) is 21.5. The number of aryl methyl sites for hydroxylation is 1. The summed E-state index contributed by atoms with van der Waals surface area (Å²) in [5.41, 5.74) is -0.337. The van der Waals surface area contributed by atoms with Crippen molar-refractivity contribution in [3.63, 3.8) is 0 Å². The number of hydrogen-bond donors (Lipinski definition) is 2. The van der Waals surface area contributed by atoms with Gasteiger partial charge in [0.2, 0.25) is 5.91 Å². The fourth-order valence-corrected chi connectivity index (χ4v) is 4.92. The number of rotatable bonds is 8. The number of nitrogens with one attached hydrogen (secondary N) is 2. The van der Waals surface area contributed by atoms with E-state index in [1.807, 2.05) is 32.6 Å². The topological polar surface area (TPSA) is 90.7 Å². The van der Waals surface area contributed by atoms with E-state index in [2.05, 4.69) is 32.7 Å². The van der Waals surface area contributed by atoms with Crippen LogP contribution < -0.4 is 10.6 Å². The Hall–Kier alpha value is -2.16. The number of aliphatic imine (C=N–C) groups is 1. The standard InChI is InChI=1S/C22H40N8O/c1-6-30-13-9-10-18(30)14-23-21(24-15-19-27-26-17(2)29(19)5)25-16-22(11-7-8-12-22)20(31)28(3)4/h18H,6-16H2,1-5H3,(H2,23,24,25). The molecule has 0 bridgehead atoms. The lowest BCUT2D eigenvalue weighted by Crippen LogP contribution is -2.51. The molecule has 1 aromatic rings. The van der Waals surface area contributed by atoms with Gasteiger partial charge in [0.05, 0.1) is 5.41 Å². The van der Waals surface area contributed by atoms with Gasteiger partial charge in [0.25, 0.3) is 0 Å². The fourth-order valence-electron chi connectivity index (χ4n) is 4.92. The minimum atomic E-state index is -0.337. The second kappa shape index (κ2) is 10.4. The van der Waals surface area contributed by atoms with Crippen molar-refractivity contribution in [2.75, 3.05) is 40.3 Å². The smallest absolute Gasteiger partial charge is 0.230 e. The van der Waals surface area contributed by atoms with Crippen molar-refractivity contribution in [2.45, 2.75) is 65.0 Å². The second-order valence-corrected chi connectivity index (χ2v) is 9.23. The minimum Gasteiger partial charge on any atom is -0.355 e. The maximum absolute atomic E-state index is 13.0. The highest BCUT2D eigenvalue weighted by Crippen LogP contribution is 2.38. The highest BCUT2D eigenvalue weighted by Gasteiger charge is 2.42. The molecule has 1 unspecified atom stereocenters. The van der Waals surface area contributed by atoms with Gasteiger partial charge in [-0.3, -0.25) is 9.69 Å². The molecule has 1 saturated carbocycles. The van der Waals surface area contributed by atoms with E-state index in [1.54, 1.807) is 4.90 Å². The Morgan fingerprint density at radius 3 is 2.58 bits per heavy atom. The third-order valence-corrected chi connectivity index (χ3v) is 6.99. The van der Waals surface area contributed by atoms with E-state index >= 15 is 0 Å². The van der Waals surface area contributed by atoms with E-state index in [9.17, 15) is 4.79 Å². The Kier molecular flexibility index (Phi) is 7.91. The summed E-state index contributed by atoms with van der Waals surface area (Å²) in [5, 5.41) is 15.4. The van der Waals surface area contributed by atoms with Crippen LogP contribution in [0, 0.1) is 12.3 Å². The van der Waals surface area contributed by atoms with Gasteiger partial charge < -0.3 is 20.1 Å². The number of likely N-dealkylation sites (N-methyl/N-ethyl adjacent to an activating group) is 1. The second-order valence-electron chi connectivity index (χ2n) is 9.23. The van der Waals surface area contributed by atoms with Crippen molar-refractivity contribution < 1.29 is 4.79 Å². The molecule has 1 saturated heterocycles. The molecule has 3 rings (SSSR count). The van der Waals surface area contributed by atoms with Crippen molar-refractivity contribution in [3.8, 4) is 0 Å². The Morgan fingerprint density at radius 2 is 1.97 bits per heavy atom. The lowest BCUT2D eigenvalue weighted by molar-refractivity contribution is -0.138. The summed E-state index contributed by atoms with van der Waals surface area (Å²) in [5.74, 6) is 2.67. The average Bonchev–Trinajstić information content (AvgIpc) is 3.49. The molecule has 1 amide bonds. The molecule has 1 atom stereocenters. The van der Waals surface area contributed by atoms with Crippen LogP contribution >= 0.6 is 0 Å². The molecule has 9 heteroatoms. The molecule has 1 aliphatic carbocycles. The van der Waals surface area contributed by atoms with Gasteiger partial charge in [-0.2, -0.15) is 0 Å². The summed E-state index contributed by atoms with van der Waals surface area (Å²) in [6.07, 6.45) is 6.52. The van der Waals surface area contributed by atoms with Gasteiger partial charge in [0, 0.05) is 40.3 Å². The molecule has 1 aliphatic heterocycles. The van der Waals surface area contributed by atoms with Gasteiger partial charge in [0.1, 0.15) is 12.4 Å². The lowest BCUT2D eigenvalue weighted by Gasteiger charge is -2.32. The van der Waals surface area contributed by atoms with Crippen LogP contribution in [0.25, 0.3) is 0 Å². The zero-order valence-corrected chi connectivity index (χ0v) is 19.9. The number of hydrogen-bond acceptors (Lipinski definition) is 5. The number of carbonyl (C=O) groups excluding carboxylic acids is 1. The van der Waals surface area contributed by atoms with Crippen LogP contribution in [0.3, 0.4) is 0 Å². The molecular weight excluding hydrogens is 392 g/mol. The Labute approximate surface area is 186 Å². The van der Waals surface area contributed by atoms with E-state index < -0.39 is 0 Å². The minimum absolute atomic E-state index is 0.216. The van der Waals surface area contributed by atoms with E-state index in [0.29, 0.717) is 19.1 Å². The summed E-state index contributed by atoms with van der Waals surface area (Å²) in [6.45, 7) is 8.31. The van der Waals surface area contributed by atoms with Crippen LogP contribution in [0.2, 0.25) is 0 Å². The summed E-state index contributed by atoms with van der Waals surface area (Å²) in [6, 6.07) is 0.526. The monoisotopic (exact) mass is 432 g/mol. The quantitative estimate of drug-likeness (QED) is 0.475. The van der Waals surface area contributed by atoms with Crippen LogP contribution in [0.5, 0.6) is 0 Å². The first-order chi connectivity index (χ1) is 14.9. The van der Waals surface area contributed by atoms with Crippen LogP contribution in [0.4, 0.5) is 0 Å². The predicted octanol–water partition coefficient (Wildman–Crippen LogP) is 1.29. The zero-order valence-electron chi connectivity index (χ0n) is 19.9. The molecule has 0 spiro atoms. The van der Waals surface area contributed by atoms with Crippen molar-refractivity contribution in [1.29, 1.82) is 0 Å². The van der Waals surface area contributed by atoms with Gasteiger partial charge in [0.15, 0.2) is 11.8 Å². The van der Waals surface area contributed by atoms with Crippen molar-refractivity contribution >= 4 is 11.9 Å². The number of guanidine groups is 1. The number of nitrogens with zero attached hydrogens (tertiary/aromatic N) is 6. The molecule has 0 radical (unpaired) electrons. The fraction of sp³-hybridized carbons (Fsp3) is 0.818. The van der Waals surface area contributed by atoms with Gasteiger partial charge in [-0.05, 0) is 45.7 Å². The van der Waals surface area contributed by atoms with Crippen LogP contribution in [-0.2, 0) is 18.4 Å². The Morgan fingerprint density at radius 1 is 1.23 bits per heavy atom. The van der Waals surface area contributed by atoms with Crippen molar-refractivity contribution in [3.05, 3.63) is 11.6 Å². The first kappa shape index (κ1) is 23.5. The third kappa shape index (κ3) is 5.56. The molecular formula is C22H40N8O.